The Morgan fingerprint density at radius 3 is 2.58 bits per heavy atom. The van der Waals surface area contributed by atoms with Crippen LogP contribution in [0.1, 0.15) is 20.8 Å². The average Bonchev–Trinajstić information content (AvgIpc) is 1.99. The molecule has 1 rings (SSSR count). The van der Waals surface area contributed by atoms with E-state index in [9.17, 15) is 5.11 Å². The molecule has 0 fully saturated rings. The van der Waals surface area contributed by atoms with Crippen LogP contribution in [-0.4, -0.2) is 16.0 Å². The maximum absolute atomic E-state index is 9.22. The summed E-state index contributed by atoms with van der Waals surface area (Å²) in [6, 6.07) is 0. The standard InChI is InChI=1S/C10H15BrO/c1-7-4-5-10(3,11)9(6-12)8(7)2/h4-5,9,12H,6H2,1-3H3. The lowest BCUT2D eigenvalue weighted by Crippen LogP contribution is -2.32. The van der Waals surface area contributed by atoms with Crippen molar-refractivity contribution < 1.29 is 5.11 Å². The number of allylic oxidation sites excluding steroid dienone is 3. The molecule has 0 spiro atoms. The van der Waals surface area contributed by atoms with Crippen LogP contribution >= 0.6 is 15.9 Å². The maximum Gasteiger partial charge on any atom is 0.0513 e. The van der Waals surface area contributed by atoms with Crippen LogP contribution in [0.2, 0.25) is 0 Å². The lowest BCUT2D eigenvalue weighted by molar-refractivity contribution is 0.232. The molecule has 0 aromatic carbocycles. The molecule has 1 N–H and O–H groups in total. The third kappa shape index (κ3) is 1.64. The predicted molar refractivity (Wildman–Crippen MR) is 55.4 cm³/mol. The Morgan fingerprint density at radius 1 is 1.58 bits per heavy atom. The second kappa shape index (κ2) is 3.35. The first-order chi connectivity index (χ1) is 5.49. The van der Waals surface area contributed by atoms with Crippen LogP contribution in [0, 0.1) is 5.92 Å². The average molecular weight is 231 g/mol. The fourth-order valence-electron chi connectivity index (χ4n) is 1.55. The van der Waals surface area contributed by atoms with Gasteiger partial charge in [0.05, 0.1) is 6.61 Å². The van der Waals surface area contributed by atoms with Gasteiger partial charge in [-0.25, -0.2) is 0 Å². The topological polar surface area (TPSA) is 20.2 Å². The van der Waals surface area contributed by atoms with E-state index in [1.807, 2.05) is 0 Å². The van der Waals surface area contributed by atoms with E-state index in [4.69, 9.17) is 0 Å². The molecule has 0 saturated carbocycles. The Bertz CT molecular complexity index is 238. The van der Waals surface area contributed by atoms with Crippen LogP contribution < -0.4 is 0 Å². The predicted octanol–water partition coefficient (Wildman–Crippen LogP) is 2.65. The Hall–Kier alpha value is -0.0800. The van der Waals surface area contributed by atoms with Crippen molar-refractivity contribution in [2.24, 2.45) is 5.92 Å². The zero-order valence-corrected chi connectivity index (χ0v) is 9.35. The van der Waals surface area contributed by atoms with Gasteiger partial charge in [0.15, 0.2) is 0 Å². The van der Waals surface area contributed by atoms with Gasteiger partial charge in [-0.15, -0.1) is 0 Å². The summed E-state index contributed by atoms with van der Waals surface area (Å²) in [6.45, 7) is 6.45. The number of aliphatic hydroxyl groups is 1. The second-order valence-electron chi connectivity index (χ2n) is 3.59. The summed E-state index contributed by atoms with van der Waals surface area (Å²) < 4.78 is -0.0780. The lowest BCUT2D eigenvalue weighted by Gasteiger charge is -2.33. The molecule has 2 heteroatoms. The molecule has 0 aromatic rings. The van der Waals surface area contributed by atoms with Crippen LogP contribution in [0.25, 0.3) is 0 Å². The van der Waals surface area contributed by atoms with Crippen molar-refractivity contribution in [1.82, 2.24) is 0 Å². The molecule has 0 bridgehead atoms. The third-order valence-corrected chi connectivity index (χ3v) is 3.48. The van der Waals surface area contributed by atoms with Gasteiger partial charge in [0.25, 0.3) is 0 Å². The summed E-state index contributed by atoms with van der Waals surface area (Å²) in [4.78, 5) is 0. The van der Waals surface area contributed by atoms with Gasteiger partial charge in [0.1, 0.15) is 0 Å². The normalized spacial score (nSPS) is 35.9. The monoisotopic (exact) mass is 230 g/mol. The first-order valence-electron chi connectivity index (χ1n) is 4.15. The van der Waals surface area contributed by atoms with Crippen LogP contribution in [0.3, 0.4) is 0 Å². The molecule has 0 aromatic heterocycles. The van der Waals surface area contributed by atoms with Gasteiger partial charge in [-0.1, -0.05) is 39.2 Å². The first kappa shape index (κ1) is 10.0. The Kier molecular flexibility index (Phi) is 2.79. The molecule has 1 nitrogen and oxygen atoms in total. The number of hydrogen-bond acceptors (Lipinski definition) is 1. The number of aliphatic hydroxyl groups excluding tert-OH is 1. The number of alkyl halides is 1. The highest BCUT2D eigenvalue weighted by molar-refractivity contribution is 9.10. The van der Waals surface area contributed by atoms with E-state index < -0.39 is 0 Å². The highest BCUT2D eigenvalue weighted by atomic mass is 79.9. The molecule has 0 aliphatic heterocycles. The molecular weight excluding hydrogens is 216 g/mol. The van der Waals surface area contributed by atoms with Crippen molar-refractivity contribution in [2.45, 2.75) is 25.1 Å². The molecule has 1 aliphatic rings. The van der Waals surface area contributed by atoms with Crippen molar-refractivity contribution in [2.75, 3.05) is 6.61 Å². The highest BCUT2D eigenvalue weighted by Gasteiger charge is 2.32. The minimum atomic E-state index is -0.0780. The molecule has 2 unspecified atom stereocenters. The summed E-state index contributed by atoms with van der Waals surface area (Å²) >= 11 is 3.61. The van der Waals surface area contributed by atoms with Crippen molar-refractivity contribution in [1.29, 1.82) is 0 Å². The molecule has 0 saturated heterocycles. The van der Waals surface area contributed by atoms with E-state index in [2.05, 4.69) is 48.9 Å². The quantitative estimate of drug-likeness (QED) is 0.688. The van der Waals surface area contributed by atoms with Gasteiger partial charge in [-0.3, -0.25) is 0 Å². The van der Waals surface area contributed by atoms with Gasteiger partial charge in [0, 0.05) is 10.2 Å². The Labute approximate surface area is 82.3 Å². The molecular formula is C10H15BrO. The highest BCUT2D eigenvalue weighted by Crippen LogP contribution is 2.38. The molecule has 12 heavy (non-hydrogen) atoms. The number of hydrogen-bond donors (Lipinski definition) is 1. The summed E-state index contributed by atoms with van der Waals surface area (Å²) in [5.41, 5.74) is 2.55. The Morgan fingerprint density at radius 2 is 2.17 bits per heavy atom. The summed E-state index contributed by atoms with van der Waals surface area (Å²) in [7, 11) is 0. The van der Waals surface area contributed by atoms with Crippen molar-refractivity contribution in [3.63, 3.8) is 0 Å². The minimum absolute atomic E-state index is 0.0780. The van der Waals surface area contributed by atoms with E-state index in [1.54, 1.807) is 0 Å². The van der Waals surface area contributed by atoms with Gasteiger partial charge >= 0.3 is 0 Å². The summed E-state index contributed by atoms with van der Waals surface area (Å²) in [5, 5.41) is 9.22. The first-order valence-corrected chi connectivity index (χ1v) is 4.94. The van der Waals surface area contributed by atoms with Gasteiger partial charge in [0.2, 0.25) is 0 Å². The van der Waals surface area contributed by atoms with Crippen LogP contribution in [-0.2, 0) is 0 Å². The van der Waals surface area contributed by atoms with E-state index in [0.29, 0.717) is 0 Å². The summed E-state index contributed by atoms with van der Waals surface area (Å²) in [5.74, 6) is 0.211. The molecule has 0 amide bonds. The summed E-state index contributed by atoms with van der Waals surface area (Å²) in [6.07, 6.45) is 4.21. The van der Waals surface area contributed by atoms with Crippen molar-refractivity contribution in [3.8, 4) is 0 Å². The molecule has 1 aliphatic carbocycles. The molecule has 2 atom stereocenters. The second-order valence-corrected chi connectivity index (χ2v) is 5.29. The molecule has 0 heterocycles. The zero-order valence-electron chi connectivity index (χ0n) is 7.76. The van der Waals surface area contributed by atoms with Crippen LogP contribution in [0.15, 0.2) is 23.3 Å². The van der Waals surface area contributed by atoms with Gasteiger partial charge < -0.3 is 5.11 Å². The minimum Gasteiger partial charge on any atom is -0.396 e. The van der Waals surface area contributed by atoms with Crippen LogP contribution in [0.4, 0.5) is 0 Å². The smallest absolute Gasteiger partial charge is 0.0513 e. The number of rotatable bonds is 1. The molecule has 68 valence electrons. The zero-order chi connectivity index (χ0) is 9.35. The largest absolute Gasteiger partial charge is 0.396 e. The van der Waals surface area contributed by atoms with E-state index in [1.165, 1.54) is 11.1 Å². The number of halogens is 1. The van der Waals surface area contributed by atoms with Crippen molar-refractivity contribution in [3.05, 3.63) is 23.3 Å². The van der Waals surface area contributed by atoms with Crippen LogP contribution in [0.5, 0.6) is 0 Å². The SMILES string of the molecule is CC1=C(C)C(CO)C(C)(Br)C=C1. The van der Waals surface area contributed by atoms with Crippen molar-refractivity contribution >= 4 is 15.9 Å². The van der Waals surface area contributed by atoms with E-state index in [0.717, 1.165) is 0 Å². The molecule has 0 radical (unpaired) electrons. The van der Waals surface area contributed by atoms with E-state index >= 15 is 0 Å². The maximum atomic E-state index is 9.22. The van der Waals surface area contributed by atoms with Gasteiger partial charge in [-0.2, -0.15) is 0 Å². The fraction of sp³-hybridized carbons (Fsp3) is 0.600. The van der Waals surface area contributed by atoms with Gasteiger partial charge in [-0.05, 0) is 20.8 Å². The lowest BCUT2D eigenvalue weighted by atomic mass is 9.81. The third-order valence-electron chi connectivity index (χ3n) is 2.67. The Balaban J connectivity index is 3.01. The van der Waals surface area contributed by atoms with E-state index in [-0.39, 0.29) is 16.8 Å². The fourth-order valence-corrected chi connectivity index (χ4v) is 2.17.